The Labute approximate surface area is 88.0 Å². The lowest BCUT2D eigenvalue weighted by Crippen LogP contribution is -2.45. The minimum absolute atomic E-state index is 0.105. The number of rotatable bonds is 3. The molecule has 2 fully saturated rings. The van der Waals surface area contributed by atoms with Gasteiger partial charge in [-0.25, -0.2) is 9.80 Å². The third-order valence-electron chi connectivity index (χ3n) is 2.60. The van der Waals surface area contributed by atoms with E-state index < -0.39 is 6.09 Å². The highest BCUT2D eigenvalue weighted by molar-refractivity contribution is 5.69. The summed E-state index contributed by atoms with van der Waals surface area (Å²) in [5, 5.41) is 1.27. The van der Waals surface area contributed by atoms with Crippen molar-refractivity contribution in [3.05, 3.63) is 0 Å². The number of carbonyl (C=O) groups is 1. The highest BCUT2D eigenvalue weighted by Gasteiger charge is 2.32. The van der Waals surface area contributed by atoms with Crippen LogP contribution in [-0.4, -0.2) is 61.5 Å². The lowest BCUT2D eigenvalue weighted by atomic mass is 10.3. The molecule has 0 radical (unpaired) electrons. The number of cyclic esters (lactones) is 1. The summed E-state index contributed by atoms with van der Waals surface area (Å²) < 4.78 is 10.4. The molecule has 0 aliphatic carbocycles. The molecule has 0 aromatic heterocycles. The average molecular weight is 216 g/mol. The lowest BCUT2D eigenvalue weighted by molar-refractivity contribution is 0.0188. The topological polar surface area (TPSA) is 80.1 Å². The van der Waals surface area contributed by atoms with Crippen LogP contribution in [0.15, 0.2) is 0 Å². The molecule has 0 bridgehead atoms. The zero-order valence-corrected chi connectivity index (χ0v) is 8.52. The van der Waals surface area contributed by atoms with E-state index in [9.17, 15) is 4.79 Å². The fourth-order valence-corrected chi connectivity index (χ4v) is 1.79. The smallest absolute Gasteiger partial charge is 0.425 e. The summed E-state index contributed by atoms with van der Waals surface area (Å²) in [6.07, 6.45) is -0.512. The van der Waals surface area contributed by atoms with E-state index >= 15 is 0 Å². The molecule has 1 unspecified atom stereocenters. The van der Waals surface area contributed by atoms with Gasteiger partial charge in [0.15, 0.2) is 0 Å². The maximum atomic E-state index is 11.2. The molecular formula is C8H16N4O3. The average Bonchev–Trinajstić information content (AvgIpc) is 2.60. The maximum Gasteiger partial charge on any atom is 0.425 e. The summed E-state index contributed by atoms with van der Waals surface area (Å²) in [6, 6.07) is 0. The Morgan fingerprint density at radius 2 is 2.20 bits per heavy atom. The first kappa shape index (κ1) is 10.6. The van der Waals surface area contributed by atoms with E-state index in [-0.39, 0.29) is 6.10 Å². The quantitative estimate of drug-likeness (QED) is 0.442. The van der Waals surface area contributed by atoms with Gasteiger partial charge in [-0.15, -0.1) is 0 Å². The van der Waals surface area contributed by atoms with Gasteiger partial charge in [-0.2, -0.15) is 5.53 Å². The summed E-state index contributed by atoms with van der Waals surface area (Å²) in [7, 11) is 0. The summed E-state index contributed by atoms with van der Waals surface area (Å²) >= 11 is 0. The van der Waals surface area contributed by atoms with Crippen molar-refractivity contribution in [3.63, 3.8) is 0 Å². The summed E-state index contributed by atoms with van der Waals surface area (Å²) in [5.41, 5.74) is 2.30. The molecule has 0 aromatic carbocycles. The second-order valence-electron chi connectivity index (χ2n) is 3.66. The van der Waals surface area contributed by atoms with Crippen LogP contribution in [0.4, 0.5) is 4.79 Å². The van der Waals surface area contributed by atoms with Crippen LogP contribution in [0, 0.1) is 0 Å². The van der Waals surface area contributed by atoms with Crippen molar-refractivity contribution in [2.75, 3.05) is 39.4 Å². The number of hydrogen-bond acceptors (Lipinski definition) is 6. The monoisotopic (exact) mass is 216 g/mol. The fraction of sp³-hybridized carbons (Fsp3) is 0.875. The summed E-state index contributed by atoms with van der Waals surface area (Å²) in [5.74, 6) is 5.16. The molecule has 1 atom stereocenters. The minimum Gasteiger partial charge on any atom is -0.442 e. The lowest BCUT2D eigenvalue weighted by Gasteiger charge is -2.27. The Morgan fingerprint density at radius 3 is 2.80 bits per heavy atom. The van der Waals surface area contributed by atoms with Crippen molar-refractivity contribution in [2.45, 2.75) is 6.10 Å². The molecule has 0 aromatic rings. The van der Waals surface area contributed by atoms with Crippen molar-refractivity contribution in [3.8, 4) is 0 Å². The first-order valence-corrected chi connectivity index (χ1v) is 5.04. The normalized spacial score (nSPS) is 28.2. The molecule has 3 N–H and O–H groups in total. The molecule has 86 valence electrons. The third-order valence-corrected chi connectivity index (χ3v) is 2.60. The molecule has 7 nitrogen and oxygen atoms in total. The molecule has 0 spiro atoms. The number of carbonyl (C=O) groups excluding carboxylic acids is 1. The first-order valence-electron chi connectivity index (χ1n) is 5.04. The van der Waals surface area contributed by atoms with Crippen LogP contribution in [0.2, 0.25) is 0 Å². The minimum atomic E-state index is -0.407. The first-order chi connectivity index (χ1) is 7.29. The van der Waals surface area contributed by atoms with Crippen molar-refractivity contribution in [1.29, 1.82) is 0 Å². The van der Waals surface area contributed by atoms with Gasteiger partial charge < -0.3 is 9.47 Å². The van der Waals surface area contributed by atoms with Crippen LogP contribution < -0.4 is 11.4 Å². The summed E-state index contributed by atoms with van der Waals surface area (Å²) in [4.78, 5) is 13.4. The van der Waals surface area contributed by atoms with Gasteiger partial charge >= 0.3 is 6.09 Å². The number of nitrogens with zero attached hydrogens (tertiary/aromatic N) is 2. The van der Waals surface area contributed by atoms with Gasteiger partial charge in [0.2, 0.25) is 0 Å². The molecule has 15 heavy (non-hydrogen) atoms. The Hall–Kier alpha value is -0.890. The van der Waals surface area contributed by atoms with Crippen molar-refractivity contribution in [1.82, 2.24) is 15.4 Å². The highest BCUT2D eigenvalue weighted by atomic mass is 16.6. The number of hydrogen-bond donors (Lipinski definition) is 2. The molecular weight excluding hydrogens is 200 g/mol. The number of amides is 1. The van der Waals surface area contributed by atoms with Crippen LogP contribution in [0.5, 0.6) is 0 Å². The van der Waals surface area contributed by atoms with Gasteiger partial charge in [0.25, 0.3) is 0 Å². The van der Waals surface area contributed by atoms with Gasteiger partial charge in [0.1, 0.15) is 6.10 Å². The fourth-order valence-electron chi connectivity index (χ4n) is 1.79. The van der Waals surface area contributed by atoms with Gasteiger partial charge in [0, 0.05) is 19.6 Å². The molecule has 2 heterocycles. The Bertz CT molecular complexity index is 232. The summed E-state index contributed by atoms with van der Waals surface area (Å²) in [6.45, 7) is 4.52. The standard InChI is InChI=1S/C8H16N4O3/c9-10-12-6-7(15-8(12)13)5-11-1-3-14-4-2-11/h7,10H,1-6,9H2. The van der Waals surface area contributed by atoms with E-state index in [2.05, 4.69) is 10.4 Å². The molecule has 0 saturated carbocycles. The zero-order chi connectivity index (χ0) is 10.7. The molecule has 2 aliphatic heterocycles. The van der Waals surface area contributed by atoms with Gasteiger partial charge in [0.05, 0.1) is 19.8 Å². The van der Waals surface area contributed by atoms with Gasteiger partial charge in [-0.3, -0.25) is 10.7 Å². The largest absolute Gasteiger partial charge is 0.442 e. The van der Waals surface area contributed by atoms with Crippen molar-refractivity contribution in [2.24, 2.45) is 5.84 Å². The second-order valence-corrected chi connectivity index (χ2v) is 3.66. The van der Waals surface area contributed by atoms with Crippen LogP contribution in [0.25, 0.3) is 0 Å². The number of nitrogens with two attached hydrogens (primary N) is 1. The molecule has 2 saturated heterocycles. The van der Waals surface area contributed by atoms with E-state index in [4.69, 9.17) is 15.3 Å². The zero-order valence-electron chi connectivity index (χ0n) is 8.52. The molecule has 2 rings (SSSR count). The second kappa shape index (κ2) is 4.75. The third kappa shape index (κ3) is 2.57. The number of hydrazine groups is 2. The van der Waals surface area contributed by atoms with E-state index in [1.54, 1.807) is 0 Å². The number of morpholine rings is 1. The van der Waals surface area contributed by atoms with Crippen LogP contribution in [0.1, 0.15) is 0 Å². The van der Waals surface area contributed by atoms with E-state index in [1.807, 2.05) is 0 Å². The van der Waals surface area contributed by atoms with E-state index in [0.717, 1.165) is 32.8 Å². The Kier molecular flexibility index (Phi) is 3.37. The van der Waals surface area contributed by atoms with Crippen molar-refractivity contribution < 1.29 is 14.3 Å². The van der Waals surface area contributed by atoms with Crippen molar-refractivity contribution >= 4 is 6.09 Å². The number of nitrogens with one attached hydrogen (secondary N) is 1. The molecule has 7 heteroatoms. The van der Waals surface area contributed by atoms with Gasteiger partial charge in [-0.1, -0.05) is 0 Å². The van der Waals surface area contributed by atoms with Crippen LogP contribution in [0.3, 0.4) is 0 Å². The predicted octanol–water partition coefficient (Wildman–Crippen LogP) is -1.48. The Balaban J connectivity index is 1.78. The predicted molar refractivity (Wildman–Crippen MR) is 51.6 cm³/mol. The van der Waals surface area contributed by atoms with Crippen LogP contribution >= 0.6 is 0 Å². The molecule has 1 amide bonds. The van der Waals surface area contributed by atoms with E-state index in [1.165, 1.54) is 5.01 Å². The highest BCUT2D eigenvalue weighted by Crippen LogP contribution is 2.10. The van der Waals surface area contributed by atoms with Crippen LogP contribution in [-0.2, 0) is 9.47 Å². The number of ether oxygens (including phenoxy) is 2. The van der Waals surface area contributed by atoms with E-state index in [0.29, 0.717) is 6.54 Å². The Morgan fingerprint density at radius 1 is 1.47 bits per heavy atom. The molecule has 2 aliphatic rings. The van der Waals surface area contributed by atoms with Gasteiger partial charge in [-0.05, 0) is 0 Å². The maximum absolute atomic E-state index is 11.2. The SMILES string of the molecule is NNN1CC(CN2CCOCC2)OC1=O.